The fourth-order valence-corrected chi connectivity index (χ4v) is 3.14. The summed E-state index contributed by atoms with van der Waals surface area (Å²) in [7, 11) is -0.735. The van der Waals surface area contributed by atoms with Crippen molar-refractivity contribution in [2.75, 3.05) is 30.0 Å². The molecule has 0 aliphatic rings. The molecule has 0 aliphatic heterocycles. The SMILES string of the molecule is COC(=O)c1ccc(C)c(NC(=O)c2cccc(N(C)S(C)(=O)=O)c2C)c1. The molecule has 0 atom stereocenters. The number of anilines is 2. The number of hydrogen-bond acceptors (Lipinski definition) is 5. The number of aryl methyl sites for hydroxylation is 1. The largest absolute Gasteiger partial charge is 0.465 e. The summed E-state index contributed by atoms with van der Waals surface area (Å²) in [5.74, 6) is -0.903. The fraction of sp³-hybridized carbons (Fsp3) is 0.263. The van der Waals surface area contributed by atoms with Crippen LogP contribution in [0, 0.1) is 13.8 Å². The highest BCUT2D eigenvalue weighted by molar-refractivity contribution is 7.92. The van der Waals surface area contributed by atoms with Gasteiger partial charge >= 0.3 is 5.97 Å². The van der Waals surface area contributed by atoms with Crippen LogP contribution in [-0.2, 0) is 14.8 Å². The van der Waals surface area contributed by atoms with Crippen LogP contribution in [0.3, 0.4) is 0 Å². The van der Waals surface area contributed by atoms with Crippen LogP contribution in [0.4, 0.5) is 11.4 Å². The zero-order valence-electron chi connectivity index (χ0n) is 15.9. The van der Waals surface area contributed by atoms with Gasteiger partial charge in [-0.15, -0.1) is 0 Å². The molecular weight excluding hydrogens is 368 g/mol. The lowest BCUT2D eigenvalue weighted by molar-refractivity contribution is 0.0600. The fourth-order valence-electron chi connectivity index (χ4n) is 2.58. The van der Waals surface area contributed by atoms with Crippen molar-refractivity contribution in [1.82, 2.24) is 0 Å². The van der Waals surface area contributed by atoms with Crippen LogP contribution in [0.15, 0.2) is 36.4 Å². The van der Waals surface area contributed by atoms with E-state index in [1.807, 2.05) is 0 Å². The molecule has 0 saturated carbocycles. The highest BCUT2D eigenvalue weighted by atomic mass is 32.2. The van der Waals surface area contributed by atoms with Crippen molar-refractivity contribution in [3.63, 3.8) is 0 Å². The Morgan fingerprint density at radius 2 is 1.78 bits per heavy atom. The van der Waals surface area contributed by atoms with Gasteiger partial charge in [0.1, 0.15) is 0 Å². The molecule has 0 spiro atoms. The topological polar surface area (TPSA) is 92.8 Å². The smallest absolute Gasteiger partial charge is 0.337 e. The molecule has 1 amide bonds. The highest BCUT2D eigenvalue weighted by Gasteiger charge is 2.19. The second-order valence-electron chi connectivity index (χ2n) is 6.16. The third kappa shape index (κ3) is 4.46. The molecule has 2 aromatic rings. The monoisotopic (exact) mass is 390 g/mol. The van der Waals surface area contributed by atoms with E-state index in [1.165, 1.54) is 14.2 Å². The minimum absolute atomic E-state index is 0.320. The Balaban J connectivity index is 2.39. The van der Waals surface area contributed by atoms with E-state index in [-0.39, 0.29) is 0 Å². The summed E-state index contributed by atoms with van der Waals surface area (Å²) in [4.78, 5) is 24.5. The van der Waals surface area contributed by atoms with E-state index < -0.39 is 21.9 Å². The highest BCUT2D eigenvalue weighted by Crippen LogP contribution is 2.25. The maximum absolute atomic E-state index is 12.8. The first-order valence-electron chi connectivity index (χ1n) is 8.10. The lowest BCUT2D eigenvalue weighted by Crippen LogP contribution is -2.26. The van der Waals surface area contributed by atoms with Gasteiger partial charge in [0.2, 0.25) is 10.0 Å². The van der Waals surface area contributed by atoms with Crippen molar-refractivity contribution < 1.29 is 22.7 Å². The molecule has 1 N–H and O–H groups in total. The van der Waals surface area contributed by atoms with Crippen LogP contribution in [0.25, 0.3) is 0 Å². The normalized spacial score (nSPS) is 11.0. The summed E-state index contributed by atoms with van der Waals surface area (Å²) < 4.78 is 29.5. The van der Waals surface area contributed by atoms with E-state index in [9.17, 15) is 18.0 Å². The number of benzene rings is 2. The van der Waals surface area contributed by atoms with Crippen molar-refractivity contribution in [1.29, 1.82) is 0 Å². The number of methoxy groups -OCH3 is 1. The van der Waals surface area contributed by atoms with Gasteiger partial charge in [-0.2, -0.15) is 0 Å². The number of carbonyl (C=O) groups excluding carboxylic acids is 2. The minimum Gasteiger partial charge on any atom is -0.465 e. The lowest BCUT2D eigenvalue weighted by atomic mass is 10.0. The summed E-state index contributed by atoms with van der Waals surface area (Å²) in [5, 5.41) is 2.78. The number of sulfonamides is 1. The molecule has 0 bridgehead atoms. The van der Waals surface area contributed by atoms with Gasteiger partial charge in [0.25, 0.3) is 5.91 Å². The third-order valence-electron chi connectivity index (χ3n) is 4.29. The van der Waals surface area contributed by atoms with Crippen LogP contribution >= 0.6 is 0 Å². The minimum atomic E-state index is -3.45. The second-order valence-corrected chi connectivity index (χ2v) is 8.17. The van der Waals surface area contributed by atoms with E-state index >= 15 is 0 Å². The number of nitrogens with one attached hydrogen (secondary N) is 1. The molecule has 2 aromatic carbocycles. The maximum atomic E-state index is 12.8. The number of ether oxygens (including phenoxy) is 1. The van der Waals surface area contributed by atoms with Crippen LogP contribution in [0.1, 0.15) is 31.8 Å². The Labute approximate surface area is 159 Å². The number of nitrogens with zero attached hydrogens (tertiary/aromatic N) is 1. The van der Waals surface area contributed by atoms with Crippen LogP contribution in [0.2, 0.25) is 0 Å². The zero-order valence-corrected chi connectivity index (χ0v) is 16.7. The first-order valence-corrected chi connectivity index (χ1v) is 9.95. The van der Waals surface area contributed by atoms with Crippen molar-refractivity contribution in [2.45, 2.75) is 13.8 Å². The molecule has 2 rings (SSSR count). The summed E-state index contributed by atoms with van der Waals surface area (Å²) >= 11 is 0. The Morgan fingerprint density at radius 1 is 1.11 bits per heavy atom. The van der Waals surface area contributed by atoms with Crippen molar-refractivity contribution in [2.24, 2.45) is 0 Å². The van der Waals surface area contributed by atoms with Crippen LogP contribution < -0.4 is 9.62 Å². The predicted molar refractivity (Wildman–Crippen MR) is 105 cm³/mol. The summed E-state index contributed by atoms with van der Waals surface area (Å²) in [6.45, 7) is 3.49. The summed E-state index contributed by atoms with van der Waals surface area (Å²) in [5.41, 5.74) is 2.86. The molecule has 7 nitrogen and oxygen atoms in total. The van der Waals surface area contributed by atoms with E-state index in [0.717, 1.165) is 16.1 Å². The summed E-state index contributed by atoms with van der Waals surface area (Å²) in [6.07, 6.45) is 1.10. The Bertz CT molecular complexity index is 999. The van der Waals surface area contributed by atoms with E-state index in [0.29, 0.717) is 28.1 Å². The van der Waals surface area contributed by atoms with Crippen molar-refractivity contribution in [3.05, 3.63) is 58.7 Å². The molecule has 8 heteroatoms. The third-order valence-corrected chi connectivity index (χ3v) is 5.49. The molecule has 144 valence electrons. The van der Waals surface area contributed by atoms with Gasteiger partial charge in [0, 0.05) is 18.3 Å². The Hall–Kier alpha value is -2.87. The van der Waals surface area contributed by atoms with Gasteiger partial charge < -0.3 is 10.1 Å². The molecule has 0 heterocycles. The molecule has 27 heavy (non-hydrogen) atoms. The quantitative estimate of drug-likeness (QED) is 0.793. The Morgan fingerprint density at radius 3 is 2.37 bits per heavy atom. The van der Waals surface area contributed by atoms with Gasteiger partial charge in [-0.1, -0.05) is 12.1 Å². The predicted octanol–water partition coefficient (Wildman–Crippen LogP) is 2.74. The number of hydrogen-bond donors (Lipinski definition) is 1. The van der Waals surface area contributed by atoms with Gasteiger partial charge in [-0.25, -0.2) is 13.2 Å². The van der Waals surface area contributed by atoms with Crippen LogP contribution in [-0.4, -0.2) is 40.7 Å². The van der Waals surface area contributed by atoms with E-state index in [1.54, 1.807) is 50.2 Å². The average Bonchev–Trinajstić information content (AvgIpc) is 2.61. The van der Waals surface area contributed by atoms with Gasteiger partial charge in [-0.3, -0.25) is 9.10 Å². The van der Waals surface area contributed by atoms with Gasteiger partial charge in [0.05, 0.1) is 24.6 Å². The molecular formula is C19H22N2O5S. The second kappa shape index (κ2) is 7.79. The Kier molecular flexibility index (Phi) is 5.90. The first-order chi connectivity index (χ1) is 12.6. The zero-order chi connectivity index (χ0) is 20.4. The van der Waals surface area contributed by atoms with Crippen LogP contribution in [0.5, 0.6) is 0 Å². The van der Waals surface area contributed by atoms with E-state index in [2.05, 4.69) is 5.32 Å². The lowest BCUT2D eigenvalue weighted by Gasteiger charge is -2.20. The maximum Gasteiger partial charge on any atom is 0.337 e. The van der Waals surface area contributed by atoms with Crippen molar-refractivity contribution >= 4 is 33.3 Å². The van der Waals surface area contributed by atoms with Gasteiger partial charge in [0.15, 0.2) is 0 Å². The van der Waals surface area contributed by atoms with E-state index in [4.69, 9.17) is 4.74 Å². The molecule has 0 saturated heterocycles. The first kappa shape index (κ1) is 20.4. The molecule has 0 unspecified atom stereocenters. The number of esters is 1. The van der Waals surface area contributed by atoms with Crippen molar-refractivity contribution in [3.8, 4) is 0 Å². The number of rotatable bonds is 5. The molecule has 0 fully saturated rings. The number of carbonyl (C=O) groups is 2. The number of amides is 1. The standard InChI is InChI=1S/C19H22N2O5S/c1-12-9-10-14(19(23)26-4)11-16(12)20-18(22)15-7-6-8-17(13(15)2)21(3)27(5,24)25/h6-11H,1-5H3,(H,20,22). The molecule has 0 aromatic heterocycles. The molecule has 0 radical (unpaired) electrons. The molecule has 0 aliphatic carbocycles. The van der Waals surface area contributed by atoms with Gasteiger partial charge in [-0.05, 0) is 49.2 Å². The summed E-state index contributed by atoms with van der Waals surface area (Å²) in [6, 6.07) is 9.74. The average molecular weight is 390 g/mol.